The van der Waals surface area contributed by atoms with Crippen LogP contribution >= 0.6 is 11.3 Å². The van der Waals surface area contributed by atoms with Gasteiger partial charge in [-0.2, -0.15) is 0 Å². The molecule has 0 bridgehead atoms. The van der Waals surface area contributed by atoms with Crippen LogP contribution in [0.4, 0.5) is 0 Å². The minimum Gasteiger partial charge on any atom is -0.308 e. The normalized spacial score (nSPS) is 23.4. The summed E-state index contributed by atoms with van der Waals surface area (Å²) in [6.07, 6.45) is 3.21. The van der Waals surface area contributed by atoms with E-state index in [4.69, 9.17) is 0 Å². The lowest BCUT2D eigenvalue weighted by molar-refractivity contribution is 0.263. The van der Waals surface area contributed by atoms with E-state index in [1.54, 1.807) is 11.3 Å². The molecule has 2 rings (SSSR count). The molecule has 2 unspecified atom stereocenters. The zero-order valence-corrected chi connectivity index (χ0v) is 11.8. The third kappa shape index (κ3) is 3.50. The molecule has 3 nitrogen and oxygen atoms in total. The topological polar surface area (TPSA) is 28.2 Å². The van der Waals surface area contributed by atoms with Crippen molar-refractivity contribution >= 4 is 11.3 Å². The van der Waals surface area contributed by atoms with Crippen molar-refractivity contribution in [2.24, 2.45) is 5.92 Å². The molecule has 0 amide bonds. The van der Waals surface area contributed by atoms with Crippen molar-refractivity contribution in [2.75, 3.05) is 19.6 Å². The first-order valence-electron chi connectivity index (χ1n) is 6.53. The smallest absolute Gasteiger partial charge is 0.109 e. The largest absolute Gasteiger partial charge is 0.308 e. The van der Waals surface area contributed by atoms with Gasteiger partial charge in [-0.05, 0) is 46.2 Å². The van der Waals surface area contributed by atoms with E-state index in [0.29, 0.717) is 12.1 Å². The van der Waals surface area contributed by atoms with Gasteiger partial charge in [0.05, 0.1) is 6.04 Å². The van der Waals surface area contributed by atoms with Crippen LogP contribution in [-0.4, -0.2) is 35.6 Å². The fourth-order valence-corrected chi connectivity index (χ4v) is 3.05. The van der Waals surface area contributed by atoms with Crippen molar-refractivity contribution in [3.8, 4) is 0 Å². The maximum atomic E-state index is 4.35. The van der Waals surface area contributed by atoms with E-state index >= 15 is 0 Å². The maximum Gasteiger partial charge on any atom is 0.109 e. The second-order valence-corrected chi connectivity index (χ2v) is 6.17. The zero-order chi connectivity index (χ0) is 12.3. The van der Waals surface area contributed by atoms with Gasteiger partial charge in [0.1, 0.15) is 5.01 Å². The lowest BCUT2D eigenvalue weighted by Gasteiger charge is -2.21. The molecule has 1 aliphatic rings. The molecule has 1 aromatic heterocycles. The summed E-state index contributed by atoms with van der Waals surface area (Å²) in [5.41, 5.74) is 0. The van der Waals surface area contributed by atoms with Crippen LogP contribution < -0.4 is 5.32 Å². The predicted molar refractivity (Wildman–Crippen MR) is 73.3 cm³/mol. The van der Waals surface area contributed by atoms with Gasteiger partial charge in [0.15, 0.2) is 0 Å². The molecule has 0 radical (unpaired) electrons. The molecule has 0 aromatic carbocycles. The molecule has 4 heteroatoms. The number of likely N-dealkylation sites (tertiary alicyclic amines) is 1. The van der Waals surface area contributed by atoms with Crippen LogP contribution in [0.3, 0.4) is 0 Å². The van der Waals surface area contributed by atoms with E-state index in [-0.39, 0.29) is 0 Å². The second-order valence-electron chi connectivity index (χ2n) is 5.24. The van der Waals surface area contributed by atoms with Gasteiger partial charge in [-0.1, -0.05) is 0 Å². The summed E-state index contributed by atoms with van der Waals surface area (Å²) < 4.78 is 0. The summed E-state index contributed by atoms with van der Waals surface area (Å²) in [7, 11) is 0. The van der Waals surface area contributed by atoms with Crippen LogP contribution in [0.1, 0.15) is 38.2 Å². The molecule has 1 fully saturated rings. The third-order valence-electron chi connectivity index (χ3n) is 3.58. The Kier molecular flexibility index (Phi) is 4.54. The average molecular weight is 253 g/mol. The van der Waals surface area contributed by atoms with E-state index in [1.165, 1.54) is 24.5 Å². The van der Waals surface area contributed by atoms with Gasteiger partial charge < -0.3 is 10.2 Å². The van der Waals surface area contributed by atoms with Gasteiger partial charge in [-0.25, -0.2) is 4.98 Å². The van der Waals surface area contributed by atoms with Crippen LogP contribution in [0.2, 0.25) is 0 Å². The molecular formula is C13H23N3S. The molecule has 96 valence electrons. The van der Waals surface area contributed by atoms with E-state index in [1.807, 2.05) is 11.6 Å². The molecule has 1 N–H and O–H groups in total. The lowest BCUT2D eigenvalue weighted by Crippen LogP contribution is -2.31. The molecule has 0 aliphatic carbocycles. The van der Waals surface area contributed by atoms with Gasteiger partial charge in [-0.15, -0.1) is 11.3 Å². The van der Waals surface area contributed by atoms with Gasteiger partial charge in [0.25, 0.3) is 0 Å². The Morgan fingerprint density at radius 3 is 2.94 bits per heavy atom. The minimum atomic E-state index is 0.392. The summed E-state index contributed by atoms with van der Waals surface area (Å²) in [6, 6.07) is 1.08. The molecule has 17 heavy (non-hydrogen) atoms. The fraction of sp³-hybridized carbons (Fsp3) is 0.769. The highest BCUT2D eigenvalue weighted by Crippen LogP contribution is 2.20. The molecule has 0 saturated carbocycles. The molecule has 2 heterocycles. The van der Waals surface area contributed by atoms with Gasteiger partial charge in [-0.3, -0.25) is 0 Å². The Morgan fingerprint density at radius 1 is 1.53 bits per heavy atom. The fourth-order valence-electron chi connectivity index (χ4n) is 2.38. The van der Waals surface area contributed by atoms with Gasteiger partial charge in [0, 0.05) is 24.2 Å². The molecule has 2 atom stereocenters. The Balaban J connectivity index is 1.73. The van der Waals surface area contributed by atoms with Crippen LogP contribution in [0, 0.1) is 5.92 Å². The van der Waals surface area contributed by atoms with Crippen LogP contribution in [0.5, 0.6) is 0 Å². The van der Waals surface area contributed by atoms with Crippen molar-refractivity contribution in [2.45, 2.75) is 39.3 Å². The number of aromatic nitrogens is 1. The summed E-state index contributed by atoms with van der Waals surface area (Å²) in [6.45, 7) is 10.4. The first kappa shape index (κ1) is 13.0. The highest BCUT2D eigenvalue weighted by atomic mass is 32.1. The number of nitrogens with one attached hydrogen (secondary N) is 1. The van der Waals surface area contributed by atoms with Crippen LogP contribution in [0.25, 0.3) is 0 Å². The Bertz CT molecular complexity index is 323. The highest BCUT2D eigenvalue weighted by Gasteiger charge is 2.24. The number of rotatable bonds is 5. The summed E-state index contributed by atoms with van der Waals surface area (Å²) >= 11 is 1.73. The summed E-state index contributed by atoms with van der Waals surface area (Å²) in [5, 5.41) is 6.85. The predicted octanol–water partition coefficient (Wildman–Crippen LogP) is 2.52. The molecule has 1 saturated heterocycles. The highest BCUT2D eigenvalue weighted by molar-refractivity contribution is 7.09. The number of thiazole rings is 1. The average Bonchev–Trinajstić information content (AvgIpc) is 2.97. The van der Waals surface area contributed by atoms with Crippen molar-refractivity contribution in [3.63, 3.8) is 0 Å². The van der Waals surface area contributed by atoms with Crippen molar-refractivity contribution < 1.29 is 0 Å². The summed E-state index contributed by atoms with van der Waals surface area (Å²) in [4.78, 5) is 6.92. The van der Waals surface area contributed by atoms with Gasteiger partial charge >= 0.3 is 0 Å². The van der Waals surface area contributed by atoms with Crippen molar-refractivity contribution in [1.29, 1.82) is 0 Å². The molecular weight excluding hydrogens is 230 g/mol. The Hall–Kier alpha value is -0.450. The minimum absolute atomic E-state index is 0.392. The van der Waals surface area contributed by atoms with Crippen LogP contribution in [0.15, 0.2) is 11.6 Å². The Morgan fingerprint density at radius 2 is 2.35 bits per heavy atom. The van der Waals surface area contributed by atoms with E-state index < -0.39 is 0 Å². The quantitative estimate of drug-likeness (QED) is 0.874. The van der Waals surface area contributed by atoms with Gasteiger partial charge in [0.2, 0.25) is 0 Å². The van der Waals surface area contributed by atoms with E-state index in [9.17, 15) is 0 Å². The van der Waals surface area contributed by atoms with Crippen molar-refractivity contribution in [3.05, 3.63) is 16.6 Å². The van der Waals surface area contributed by atoms with E-state index in [2.05, 4.69) is 36.0 Å². The standard InChI is InChI=1S/C13H23N3S/c1-10(2)16-6-4-12(9-16)8-15-11(3)13-14-5-7-17-13/h5,7,10-12,15H,4,6,8-9H2,1-3H3. The Labute approximate surface area is 108 Å². The third-order valence-corrected chi connectivity index (χ3v) is 4.54. The molecule has 1 aliphatic heterocycles. The van der Waals surface area contributed by atoms with Crippen LogP contribution in [-0.2, 0) is 0 Å². The SMILES string of the molecule is CC(NCC1CCN(C(C)C)C1)c1nccs1. The monoisotopic (exact) mass is 253 g/mol. The number of nitrogens with zero attached hydrogens (tertiary/aromatic N) is 2. The lowest BCUT2D eigenvalue weighted by atomic mass is 10.1. The molecule has 0 spiro atoms. The van der Waals surface area contributed by atoms with Crippen molar-refractivity contribution in [1.82, 2.24) is 15.2 Å². The summed E-state index contributed by atoms with van der Waals surface area (Å²) in [5.74, 6) is 0.805. The number of hydrogen-bond donors (Lipinski definition) is 1. The first-order valence-corrected chi connectivity index (χ1v) is 7.41. The maximum absolute atomic E-state index is 4.35. The molecule has 1 aromatic rings. The first-order chi connectivity index (χ1) is 8.16. The second kappa shape index (κ2) is 5.94. The zero-order valence-electron chi connectivity index (χ0n) is 11.0. The van der Waals surface area contributed by atoms with E-state index in [0.717, 1.165) is 12.5 Å². The number of hydrogen-bond acceptors (Lipinski definition) is 4.